The van der Waals surface area contributed by atoms with Crippen LogP contribution in [0.2, 0.25) is 5.02 Å². The van der Waals surface area contributed by atoms with E-state index in [9.17, 15) is 20.2 Å². The van der Waals surface area contributed by atoms with E-state index in [0.29, 0.717) is 10.6 Å². The second-order valence-corrected chi connectivity index (χ2v) is 7.01. The van der Waals surface area contributed by atoms with Crippen molar-refractivity contribution in [2.45, 2.75) is 13.8 Å². The standard InChI is InChI=1S/C22H17ClN4O3/c1-14-9-16(15(2)26(14)20-7-3-5-18(23)11-20)10-17(13-24)22(28)25-19-6-4-8-21(12-19)27(29)30/h3-12H,1-2H3,(H,25,28)/b17-10+. The summed E-state index contributed by atoms with van der Waals surface area (Å²) in [6.07, 6.45) is 1.50. The first kappa shape index (κ1) is 20.8. The van der Waals surface area contributed by atoms with Crippen molar-refractivity contribution >= 4 is 35.0 Å². The van der Waals surface area contributed by atoms with Crippen molar-refractivity contribution in [1.29, 1.82) is 5.26 Å². The molecule has 7 nitrogen and oxygen atoms in total. The molecule has 1 heterocycles. The Bertz CT molecular complexity index is 1220. The summed E-state index contributed by atoms with van der Waals surface area (Å²) in [5.41, 5.74) is 3.30. The predicted octanol–water partition coefficient (Wildman–Crippen LogP) is 5.20. The van der Waals surface area contributed by atoms with Crippen molar-refractivity contribution in [2.24, 2.45) is 0 Å². The number of carbonyl (C=O) groups is 1. The van der Waals surface area contributed by atoms with Crippen LogP contribution in [0.3, 0.4) is 0 Å². The zero-order valence-electron chi connectivity index (χ0n) is 16.2. The molecule has 1 aromatic heterocycles. The summed E-state index contributed by atoms with van der Waals surface area (Å²) >= 11 is 6.10. The number of nitriles is 1. The summed E-state index contributed by atoms with van der Waals surface area (Å²) in [7, 11) is 0. The van der Waals surface area contributed by atoms with E-state index >= 15 is 0 Å². The number of nitrogens with one attached hydrogen (secondary N) is 1. The first-order chi connectivity index (χ1) is 14.3. The smallest absolute Gasteiger partial charge is 0.271 e. The van der Waals surface area contributed by atoms with Crippen molar-refractivity contribution in [3.05, 3.63) is 92.3 Å². The summed E-state index contributed by atoms with van der Waals surface area (Å²) in [6.45, 7) is 3.80. The highest BCUT2D eigenvalue weighted by Crippen LogP contribution is 2.25. The summed E-state index contributed by atoms with van der Waals surface area (Å²) in [6, 6.07) is 16.7. The zero-order valence-corrected chi connectivity index (χ0v) is 17.0. The predicted molar refractivity (Wildman–Crippen MR) is 116 cm³/mol. The number of hydrogen-bond acceptors (Lipinski definition) is 4. The molecule has 8 heteroatoms. The Kier molecular flexibility index (Phi) is 6.00. The molecule has 1 N–H and O–H groups in total. The van der Waals surface area contributed by atoms with Crippen molar-refractivity contribution in [2.75, 3.05) is 5.32 Å². The molecule has 0 aliphatic rings. The molecule has 0 radical (unpaired) electrons. The number of nitrogens with zero attached hydrogens (tertiary/aromatic N) is 3. The second-order valence-electron chi connectivity index (χ2n) is 6.57. The lowest BCUT2D eigenvalue weighted by atomic mass is 10.1. The normalized spacial score (nSPS) is 11.1. The first-order valence-electron chi connectivity index (χ1n) is 8.92. The molecule has 30 heavy (non-hydrogen) atoms. The van der Waals surface area contributed by atoms with E-state index < -0.39 is 10.8 Å². The van der Waals surface area contributed by atoms with Gasteiger partial charge in [-0.1, -0.05) is 23.7 Å². The highest BCUT2D eigenvalue weighted by molar-refractivity contribution is 6.30. The molecule has 0 atom stereocenters. The number of hydrogen-bond donors (Lipinski definition) is 1. The average Bonchev–Trinajstić information content (AvgIpc) is 2.99. The first-order valence-corrected chi connectivity index (χ1v) is 9.30. The molecular formula is C22H17ClN4O3. The minimum atomic E-state index is -0.648. The van der Waals surface area contributed by atoms with Crippen molar-refractivity contribution < 1.29 is 9.72 Å². The quantitative estimate of drug-likeness (QED) is 0.265. The van der Waals surface area contributed by atoms with E-state index in [4.69, 9.17) is 11.6 Å². The number of benzene rings is 2. The minimum absolute atomic E-state index is 0.118. The van der Waals surface area contributed by atoms with Crippen LogP contribution in [0.5, 0.6) is 0 Å². The van der Waals surface area contributed by atoms with Crippen LogP contribution < -0.4 is 5.32 Å². The molecule has 3 aromatic rings. The van der Waals surface area contributed by atoms with Gasteiger partial charge in [0, 0.05) is 39.9 Å². The molecule has 3 rings (SSSR count). The third-order valence-corrected chi connectivity index (χ3v) is 4.75. The van der Waals surface area contributed by atoms with Crippen LogP contribution >= 0.6 is 11.6 Å². The van der Waals surface area contributed by atoms with Gasteiger partial charge < -0.3 is 9.88 Å². The SMILES string of the molecule is Cc1cc(/C=C(\C#N)C(=O)Nc2cccc([N+](=O)[O-])c2)c(C)n1-c1cccc(Cl)c1. The molecule has 0 aliphatic heterocycles. The third kappa shape index (κ3) is 4.40. The van der Waals surface area contributed by atoms with Gasteiger partial charge in [-0.3, -0.25) is 14.9 Å². The lowest BCUT2D eigenvalue weighted by Gasteiger charge is -2.10. The third-order valence-electron chi connectivity index (χ3n) is 4.52. The van der Waals surface area contributed by atoms with E-state index in [1.54, 1.807) is 6.07 Å². The summed E-state index contributed by atoms with van der Waals surface area (Å²) < 4.78 is 1.98. The number of aryl methyl sites for hydroxylation is 1. The molecule has 1 amide bonds. The monoisotopic (exact) mass is 420 g/mol. The lowest BCUT2D eigenvalue weighted by molar-refractivity contribution is -0.384. The topological polar surface area (TPSA) is 101 Å². The summed E-state index contributed by atoms with van der Waals surface area (Å²) in [5.74, 6) is -0.648. The molecule has 0 bridgehead atoms. The van der Waals surface area contributed by atoms with Gasteiger partial charge in [-0.05, 0) is 55.8 Å². The van der Waals surface area contributed by atoms with E-state index in [1.807, 2.05) is 48.7 Å². The van der Waals surface area contributed by atoms with Gasteiger partial charge in [-0.25, -0.2) is 0 Å². The Morgan fingerprint density at radius 2 is 1.93 bits per heavy atom. The molecule has 0 saturated heterocycles. The van der Waals surface area contributed by atoms with E-state index in [-0.39, 0.29) is 16.9 Å². The van der Waals surface area contributed by atoms with E-state index in [2.05, 4.69) is 5.32 Å². The highest BCUT2D eigenvalue weighted by atomic mass is 35.5. The Balaban J connectivity index is 1.92. The van der Waals surface area contributed by atoms with Gasteiger partial charge in [0.05, 0.1) is 4.92 Å². The van der Waals surface area contributed by atoms with Gasteiger partial charge in [0.25, 0.3) is 11.6 Å². The number of carbonyl (C=O) groups excluding carboxylic acids is 1. The van der Waals surface area contributed by atoms with Crippen molar-refractivity contribution in [1.82, 2.24) is 4.57 Å². The Hall–Kier alpha value is -3.89. The molecule has 0 aliphatic carbocycles. The number of nitro benzene ring substituents is 1. The number of non-ortho nitro benzene ring substituents is 1. The fourth-order valence-electron chi connectivity index (χ4n) is 3.15. The van der Waals surface area contributed by atoms with Crippen molar-refractivity contribution in [3.8, 4) is 11.8 Å². The number of halogens is 1. The van der Waals surface area contributed by atoms with Crippen LogP contribution in [0.25, 0.3) is 11.8 Å². The van der Waals surface area contributed by atoms with Crippen LogP contribution in [0.4, 0.5) is 11.4 Å². The molecule has 150 valence electrons. The largest absolute Gasteiger partial charge is 0.321 e. The second kappa shape index (κ2) is 8.64. The number of aromatic nitrogens is 1. The number of rotatable bonds is 5. The van der Waals surface area contributed by atoms with Crippen LogP contribution in [-0.2, 0) is 4.79 Å². The maximum absolute atomic E-state index is 12.6. The maximum atomic E-state index is 12.6. The van der Waals surface area contributed by atoms with Gasteiger partial charge >= 0.3 is 0 Å². The number of amides is 1. The fourth-order valence-corrected chi connectivity index (χ4v) is 3.33. The number of anilines is 1. The average molecular weight is 421 g/mol. The molecule has 2 aromatic carbocycles. The van der Waals surface area contributed by atoms with Crippen LogP contribution in [0, 0.1) is 35.3 Å². The molecule has 0 saturated carbocycles. The molecule has 0 unspecified atom stereocenters. The molecule has 0 fully saturated rings. The maximum Gasteiger partial charge on any atom is 0.271 e. The lowest BCUT2D eigenvalue weighted by Crippen LogP contribution is -2.13. The van der Waals surface area contributed by atoms with Gasteiger partial charge in [0.1, 0.15) is 11.6 Å². The Morgan fingerprint density at radius 1 is 1.20 bits per heavy atom. The van der Waals surface area contributed by atoms with E-state index in [1.165, 1.54) is 30.3 Å². The Morgan fingerprint density at radius 3 is 2.60 bits per heavy atom. The zero-order chi connectivity index (χ0) is 21.8. The summed E-state index contributed by atoms with van der Waals surface area (Å²) in [5, 5.41) is 23.5. The minimum Gasteiger partial charge on any atom is -0.321 e. The van der Waals surface area contributed by atoms with E-state index in [0.717, 1.165) is 17.1 Å². The van der Waals surface area contributed by atoms with Crippen LogP contribution in [-0.4, -0.2) is 15.4 Å². The number of nitro groups is 1. The fraction of sp³-hybridized carbons (Fsp3) is 0.0909. The Labute approximate surface area is 178 Å². The van der Waals surface area contributed by atoms with Gasteiger partial charge in [-0.15, -0.1) is 0 Å². The van der Waals surface area contributed by atoms with Gasteiger partial charge in [0.15, 0.2) is 0 Å². The molecule has 0 spiro atoms. The highest BCUT2D eigenvalue weighted by Gasteiger charge is 2.15. The van der Waals surface area contributed by atoms with Gasteiger partial charge in [0.2, 0.25) is 0 Å². The molecular weight excluding hydrogens is 404 g/mol. The van der Waals surface area contributed by atoms with Crippen LogP contribution in [0.15, 0.2) is 60.2 Å². The van der Waals surface area contributed by atoms with Crippen LogP contribution in [0.1, 0.15) is 17.0 Å². The summed E-state index contributed by atoms with van der Waals surface area (Å²) in [4.78, 5) is 22.9. The van der Waals surface area contributed by atoms with Crippen molar-refractivity contribution in [3.63, 3.8) is 0 Å². The van der Waals surface area contributed by atoms with Gasteiger partial charge in [-0.2, -0.15) is 5.26 Å².